The molecule has 12 aromatic rings. The molecule has 0 heterocycles. The van der Waals surface area contributed by atoms with Gasteiger partial charge >= 0.3 is 0 Å². The van der Waals surface area contributed by atoms with Gasteiger partial charge in [0.15, 0.2) is 0 Å². The van der Waals surface area contributed by atoms with E-state index in [4.69, 9.17) is 141 Å². The van der Waals surface area contributed by atoms with Crippen LogP contribution in [0.15, 0.2) is 97.1 Å². The van der Waals surface area contributed by atoms with E-state index in [9.17, 15) is 0 Å². The van der Waals surface area contributed by atoms with Crippen molar-refractivity contribution in [3.8, 4) is 55.6 Å². The van der Waals surface area contributed by atoms with Crippen LogP contribution in [0.3, 0.4) is 0 Å². The Kier molecular flexibility index (Phi) is 11.4. The van der Waals surface area contributed by atoms with Crippen LogP contribution < -0.4 is 98.3 Å². The van der Waals surface area contributed by atoms with Gasteiger partial charge in [-0.25, -0.2) is 0 Å². The van der Waals surface area contributed by atoms with Gasteiger partial charge in [0.25, 0.3) is 0 Å². The van der Waals surface area contributed by atoms with Gasteiger partial charge in [-0.2, -0.15) is 0 Å². The molecule has 0 saturated heterocycles. The third-order valence-corrected chi connectivity index (χ3v) is 15.2. The summed E-state index contributed by atoms with van der Waals surface area (Å²) >= 11 is 0. The average Bonchev–Trinajstić information content (AvgIpc) is 3.41. The van der Waals surface area contributed by atoms with Crippen molar-refractivity contribution in [1.82, 2.24) is 0 Å². The topological polar surface area (TPSA) is 0 Å². The average molecular weight is 883 g/mol. The van der Waals surface area contributed by atoms with E-state index in [0.29, 0.717) is 86.9 Å². The van der Waals surface area contributed by atoms with Gasteiger partial charge in [0, 0.05) is 0 Å². The Bertz CT molecular complexity index is 4200. The lowest BCUT2D eigenvalue weighted by atomic mass is 9.58. The van der Waals surface area contributed by atoms with Gasteiger partial charge in [0.1, 0.15) is 141 Å². The highest BCUT2D eigenvalue weighted by Gasteiger charge is 2.27. The number of benzene rings is 12. The summed E-state index contributed by atoms with van der Waals surface area (Å²) in [6.07, 6.45) is 0. The molecule has 0 atom stereocenters. The van der Waals surface area contributed by atoms with Crippen LogP contribution in [0.2, 0.25) is 0 Å². The molecular weight excluding hydrogens is 867 g/mol. The lowest BCUT2D eigenvalue weighted by Gasteiger charge is -2.30. The first-order chi connectivity index (χ1) is 35.3. The minimum atomic E-state index is 0.105. The minimum Gasteiger partial charge on any atom is -0.109 e. The van der Waals surface area contributed by atoms with E-state index in [1.54, 1.807) is 0 Å². The van der Waals surface area contributed by atoms with Crippen LogP contribution in [0.5, 0.6) is 0 Å². The SMILES string of the molecule is [B]c1c([B])c2c([B])c([B])c3c([B])c([B])c(-c4cccc(-c5cc(-c6ccccc6)cc(-c6cccc(-c7c([B])c([B])c8c([B])c([B])c9c([B])c([B])c([B])c%10c([B])c([B])c7c8c9%10)c6)c5)c4)c4c([B])c([B])c(c1[B])c2c34. The zero-order chi connectivity index (χ0) is 52.4. The van der Waals surface area contributed by atoms with Crippen LogP contribution in [0, 0.1) is 0 Å². The molecular formula is C56H16B18. The quantitative estimate of drug-likeness (QED) is 0.120. The minimum absolute atomic E-state index is 0.105. The second kappa shape index (κ2) is 17.2. The molecule has 0 fully saturated rings. The molecule has 0 bridgehead atoms. The summed E-state index contributed by atoms with van der Waals surface area (Å²) < 4.78 is 0. The molecule has 0 aliphatic carbocycles. The second-order valence-electron chi connectivity index (χ2n) is 19.0. The first-order valence-corrected chi connectivity index (χ1v) is 23.2. The Balaban J connectivity index is 1.09. The predicted molar refractivity (Wildman–Crippen MR) is 338 cm³/mol. The predicted octanol–water partition coefficient (Wildman–Crippen LogP) is -5.90. The van der Waals surface area contributed by atoms with Crippen LogP contribution in [-0.2, 0) is 0 Å². The van der Waals surface area contributed by atoms with E-state index in [0.717, 1.165) is 33.4 Å². The molecule has 0 unspecified atom stereocenters. The fourth-order valence-electron chi connectivity index (χ4n) is 11.6. The maximum absolute atomic E-state index is 7.06. The Labute approximate surface area is 453 Å². The molecule has 0 amide bonds. The van der Waals surface area contributed by atoms with Gasteiger partial charge in [-0.3, -0.25) is 0 Å². The summed E-state index contributed by atoms with van der Waals surface area (Å²) in [4.78, 5) is 0. The van der Waals surface area contributed by atoms with Gasteiger partial charge in [-0.15, -0.1) is 10.9 Å². The van der Waals surface area contributed by atoms with E-state index in [-0.39, 0.29) is 98.3 Å². The fourth-order valence-corrected chi connectivity index (χ4v) is 11.6. The van der Waals surface area contributed by atoms with E-state index < -0.39 is 0 Å². The summed E-state index contributed by atoms with van der Waals surface area (Å²) in [6, 6.07) is 32.2. The Morgan fingerprint density at radius 2 is 0.365 bits per heavy atom. The fraction of sp³-hybridized carbons (Fsp3) is 0. The maximum Gasteiger partial charge on any atom is 0.113 e. The second-order valence-corrected chi connectivity index (χ2v) is 19.0. The van der Waals surface area contributed by atoms with Gasteiger partial charge in [0.2, 0.25) is 0 Å². The summed E-state index contributed by atoms with van der Waals surface area (Å²) in [6.45, 7) is 0. The van der Waals surface area contributed by atoms with Crippen molar-refractivity contribution in [2.75, 3.05) is 0 Å². The van der Waals surface area contributed by atoms with Crippen molar-refractivity contribution in [3.05, 3.63) is 97.1 Å². The monoisotopic (exact) mass is 886 g/mol. The van der Waals surface area contributed by atoms with Crippen LogP contribution >= 0.6 is 0 Å². The standard InChI is InChI=1S/C56H16B18/c57-39-25(31-27-29-35(45(63)41(31)59)51(69)55(73)53(71)37(29)49(67)47(65)33(27)43(39)61)20-10-4-8-18(12-20)23-14-22(17-6-2-1-3-7-17)15-24(16-23)19-9-5-11-21(13-19)26-32-28-30-36(46(64)42(32)60)52(70)56(74)54(72)38(30)50(68)48(66)34(28)44(62)40(26)58/h1-16H. The van der Waals surface area contributed by atoms with E-state index in [1.165, 1.54) is 0 Å². The Hall–Kier alpha value is -6.11. The molecule has 0 spiro atoms. The highest BCUT2D eigenvalue weighted by Crippen LogP contribution is 2.40. The molecule has 0 nitrogen and oxygen atoms in total. The van der Waals surface area contributed by atoms with Crippen LogP contribution in [0.25, 0.3) is 120 Å². The number of hydrogen-bond acceptors (Lipinski definition) is 0. The van der Waals surface area contributed by atoms with Gasteiger partial charge in [-0.05, 0) is 151 Å². The molecule has 12 aromatic carbocycles. The molecule has 74 heavy (non-hydrogen) atoms. The molecule has 0 aliphatic heterocycles. The summed E-state index contributed by atoms with van der Waals surface area (Å²) in [5.74, 6) is 0. The largest absolute Gasteiger partial charge is 0.113 e. The molecule has 18 heteroatoms. The van der Waals surface area contributed by atoms with Crippen LogP contribution in [0.4, 0.5) is 0 Å². The van der Waals surface area contributed by atoms with Gasteiger partial charge in [-0.1, -0.05) is 154 Å². The summed E-state index contributed by atoms with van der Waals surface area (Å²) in [5, 5.41) is 5.50. The van der Waals surface area contributed by atoms with Gasteiger partial charge < -0.3 is 0 Å². The maximum atomic E-state index is 7.06. The first-order valence-electron chi connectivity index (χ1n) is 23.2. The molecule has 294 valence electrons. The molecule has 36 radical (unpaired) electrons. The molecule has 0 aromatic heterocycles. The highest BCUT2D eigenvalue weighted by atomic mass is 14.3. The normalized spacial score (nSPS) is 11.9. The van der Waals surface area contributed by atoms with Crippen molar-refractivity contribution in [2.45, 2.75) is 0 Å². The van der Waals surface area contributed by atoms with E-state index >= 15 is 0 Å². The Morgan fingerprint density at radius 3 is 0.689 bits per heavy atom. The molecule has 0 aliphatic rings. The first kappa shape index (κ1) is 48.8. The van der Waals surface area contributed by atoms with E-state index in [2.05, 4.69) is 30.3 Å². The zero-order valence-electron chi connectivity index (χ0n) is 39.6. The van der Waals surface area contributed by atoms with Crippen LogP contribution in [-0.4, -0.2) is 141 Å². The molecule has 0 saturated carbocycles. The molecule has 12 rings (SSSR count). The highest BCUT2D eigenvalue weighted by molar-refractivity contribution is 6.77. The summed E-state index contributed by atoms with van der Waals surface area (Å²) in [5.41, 5.74) is 10.8. The van der Waals surface area contributed by atoms with Crippen LogP contribution in [0.1, 0.15) is 0 Å². The van der Waals surface area contributed by atoms with E-state index in [1.807, 2.05) is 66.7 Å². The molecule has 0 N–H and O–H groups in total. The lowest BCUT2D eigenvalue weighted by Crippen LogP contribution is -2.48. The van der Waals surface area contributed by atoms with Crippen molar-refractivity contribution in [1.29, 1.82) is 0 Å². The third-order valence-electron chi connectivity index (χ3n) is 15.2. The van der Waals surface area contributed by atoms with Crippen molar-refractivity contribution >= 4 is 304 Å². The smallest absolute Gasteiger partial charge is 0.109 e. The van der Waals surface area contributed by atoms with Crippen molar-refractivity contribution in [3.63, 3.8) is 0 Å². The third kappa shape index (κ3) is 6.54. The zero-order valence-corrected chi connectivity index (χ0v) is 39.6. The van der Waals surface area contributed by atoms with Crippen molar-refractivity contribution in [2.24, 2.45) is 0 Å². The summed E-state index contributed by atoms with van der Waals surface area (Å²) in [7, 11) is 122. The lowest BCUT2D eigenvalue weighted by molar-refractivity contribution is 1.56. The Morgan fingerprint density at radius 1 is 0.149 bits per heavy atom. The number of rotatable bonds is 5. The van der Waals surface area contributed by atoms with Gasteiger partial charge in [0.05, 0.1) is 0 Å². The number of hydrogen-bond donors (Lipinski definition) is 0. The van der Waals surface area contributed by atoms with Crippen molar-refractivity contribution < 1.29 is 0 Å².